The Hall–Kier alpha value is -2.00. The van der Waals surface area contributed by atoms with Crippen molar-refractivity contribution in [1.82, 2.24) is 19.7 Å². The van der Waals surface area contributed by atoms with Gasteiger partial charge in [-0.25, -0.2) is 17.5 Å². The molecule has 2 rings (SSSR count). The van der Waals surface area contributed by atoms with Gasteiger partial charge in [0.25, 0.3) is 0 Å². The topological polar surface area (TPSA) is 103 Å². The molecule has 1 aromatic carbocycles. The summed E-state index contributed by atoms with van der Waals surface area (Å²) in [6.07, 6.45) is 3.76. The van der Waals surface area contributed by atoms with Crippen molar-refractivity contribution in [2.45, 2.75) is 17.9 Å². The van der Waals surface area contributed by atoms with Gasteiger partial charge in [-0.2, -0.15) is 0 Å². The molecular weight excluding hydrogens is 285 g/mol. The fraction of sp³-hybridized carbons (Fsp3) is 0.273. The summed E-state index contributed by atoms with van der Waals surface area (Å²) in [6.45, 7) is 0.742. The maximum atomic E-state index is 13.1. The van der Waals surface area contributed by atoms with Crippen LogP contribution >= 0.6 is 0 Å². The van der Waals surface area contributed by atoms with Gasteiger partial charge in [-0.3, -0.25) is 4.68 Å². The second kappa shape index (κ2) is 5.97. The molecule has 0 bridgehead atoms. The number of sulfonamides is 1. The average Bonchev–Trinajstić information content (AvgIpc) is 2.86. The van der Waals surface area contributed by atoms with Gasteiger partial charge in [-0.05, 0) is 24.6 Å². The third-order valence-electron chi connectivity index (χ3n) is 2.53. The number of nitrogen functional groups attached to an aromatic ring is 1. The molecule has 3 N–H and O–H groups in total. The lowest BCUT2D eigenvalue weighted by atomic mass is 10.3. The van der Waals surface area contributed by atoms with Gasteiger partial charge in [-0.15, -0.1) is 5.10 Å². The molecule has 0 aliphatic carbocycles. The minimum atomic E-state index is -3.76. The smallest absolute Gasteiger partial charge is 0.240 e. The van der Waals surface area contributed by atoms with E-state index in [4.69, 9.17) is 5.73 Å². The van der Waals surface area contributed by atoms with E-state index in [0.29, 0.717) is 13.0 Å². The van der Waals surface area contributed by atoms with E-state index in [9.17, 15) is 12.8 Å². The Kier molecular flexibility index (Phi) is 4.30. The molecule has 9 heteroatoms. The van der Waals surface area contributed by atoms with Crippen molar-refractivity contribution in [2.75, 3.05) is 12.3 Å². The third-order valence-corrected chi connectivity index (χ3v) is 3.97. The molecule has 108 valence electrons. The van der Waals surface area contributed by atoms with Crippen molar-refractivity contribution >= 4 is 15.7 Å². The van der Waals surface area contributed by atoms with Crippen molar-refractivity contribution in [3.05, 3.63) is 36.4 Å². The highest BCUT2D eigenvalue weighted by Crippen LogP contribution is 2.15. The Bertz CT molecular complexity index is 652. The number of nitrogens with two attached hydrogens (primary N) is 1. The summed E-state index contributed by atoms with van der Waals surface area (Å²) in [5.74, 6) is -0.687. The Balaban J connectivity index is 1.93. The van der Waals surface area contributed by atoms with Gasteiger partial charge in [0, 0.05) is 25.0 Å². The maximum Gasteiger partial charge on any atom is 0.240 e. The van der Waals surface area contributed by atoms with E-state index in [1.54, 1.807) is 17.1 Å². The predicted molar refractivity (Wildman–Crippen MR) is 70.6 cm³/mol. The van der Waals surface area contributed by atoms with Crippen LogP contribution in [-0.2, 0) is 16.6 Å². The molecule has 0 unspecified atom stereocenters. The second-order valence-electron chi connectivity index (χ2n) is 4.14. The standard InChI is InChI=1S/C11H14FN5O2S/c12-9-6-10(13)8-11(7-9)20(18,19)15-2-1-4-17-5-3-14-16-17/h3,5-8,15H,1-2,4,13H2. The van der Waals surface area contributed by atoms with Crippen LogP contribution in [0.4, 0.5) is 10.1 Å². The summed E-state index contributed by atoms with van der Waals surface area (Å²) in [6, 6.07) is 3.20. The number of aryl methyl sites for hydroxylation is 1. The number of nitrogens with zero attached hydrogens (tertiary/aromatic N) is 3. The van der Waals surface area contributed by atoms with E-state index in [1.165, 1.54) is 6.07 Å². The molecule has 0 fully saturated rings. The van der Waals surface area contributed by atoms with Crippen LogP contribution in [0.2, 0.25) is 0 Å². The van der Waals surface area contributed by atoms with Gasteiger partial charge >= 0.3 is 0 Å². The lowest BCUT2D eigenvalue weighted by Crippen LogP contribution is -2.25. The first-order chi connectivity index (χ1) is 9.47. The highest BCUT2D eigenvalue weighted by molar-refractivity contribution is 7.89. The first-order valence-electron chi connectivity index (χ1n) is 5.87. The third kappa shape index (κ3) is 3.75. The Morgan fingerprint density at radius 1 is 1.35 bits per heavy atom. The molecule has 7 nitrogen and oxygen atoms in total. The van der Waals surface area contributed by atoms with E-state index in [1.807, 2.05) is 0 Å². The number of hydrogen-bond donors (Lipinski definition) is 2. The number of nitrogens with one attached hydrogen (secondary N) is 1. The molecule has 1 heterocycles. The normalized spacial score (nSPS) is 11.7. The van der Waals surface area contributed by atoms with Crippen LogP contribution in [0.1, 0.15) is 6.42 Å². The van der Waals surface area contributed by atoms with Crippen LogP contribution in [-0.4, -0.2) is 30.0 Å². The zero-order valence-electron chi connectivity index (χ0n) is 10.5. The quantitative estimate of drug-likeness (QED) is 0.592. The van der Waals surface area contributed by atoms with Crippen molar-refractivity contribution in [3.63, 3.8) is 0 Å². The van der Waals surface area contributed by atoms with E-state index >= 15 is 0 Å². The van der Waals surface area contributed by atoms with Crippen molar-refractivity contribution in [1.29, 1.82) is 0 Å². The molecule has 0 radical (unpaired) electrons. The van der Waals surface area contributed by atoms with E-state index in [-0.39, 0.29) is 17.1 Å². The van der Waals surface area contributed by atoms with Gasteiger partial charge < -0.3 is 5.73 Å². The fourth-order valence-corrected chi connectivity index (χ4v) is 2.76. The highest BCUT2D eigenvalue weighted by atomic mass is 32.2. The fourth-order valence-electron chi connectivity index (χ4n) is 1.62. The maximum absolute atomic E-state index is 13.1. The molecule has 0 saturated heterocycles. The van der Waals surface area contributed by atoms with Crippen LogP contribution < -0.4 is 10.5 Å². The summed E-state index contributed by atoms with van der Waals surface area (Å²) in [7, 11) is -3.76. The molecule has 20 heavy (non-hydrogen) atoms. The lowest BCUT2D eigenvalue weighted by molar-refractivity contribution is 0.541. The molecule has 0 spiro atoms. The highest BCUT2D eigenvalue weighted by Gasteiger charge is 2.15. The van der Waals surface area contributed by atoms with Gasteiger partial charge in [0.05, 0.1) is 11.1 Å². The second-order valence-corrected chi connectivity index (χ2v) is 5.90. The molecule has 0 atom stereocenters. The average molecular weight is 299 g/mol. The van der Waals surface area contributed by atoms with E-state index < -0.39 is 15.8 Å². The number of aromatic nitrogens is 3. The minimum Gasteiger partial charge on any atom is -0.399 e. The molecule has 0 aliphatic rings. The Labute approximate surface area is 115 Å². The summed E-state index contributed by atoms with van der Waals surface area (Å²) < 4.78 is 41.0. The van der Waals surface area contributed by atoms with Crippen LogP contribution in [0.5, 0.6) is 0 Å². The number of hydrogen-bond acceptors (Lipinski definition) is 5. The van der Waals surface area contributed by atoms with Gasteiger partial charge in [0.15, 0.2) is 0 Å². The van der Waals surface area contributed by atoms with Gasteiger partial charge in [-0.1, -0.05) is 5.21 Å². The van der Waals surface area contributed by atoms with Crippen LogP contribution in [0, 0.1) is 5.82 Å². The summed E-state index contributed by atoms with van der Waals surface area (Å²) in [4.78, 5) is -0.184. The van der Waals surface area contributed by atoms with Crippen LogP contribution in [0.25, 0.3) is 0 Å². The first-order valence-corrected chi connectivity index (χ1v) is 7.35. The Morgan fingerprint density at radius 2 is 2.15 bits per heavy atom. The van der Waals surface area contributed by atoms with Crippen molar-refractivity contribution in [2.24, 2.45) is 0 Å². The van der Waals surface area contributed by atoms with Crippen LogP contribution in [0.15, 0.2) is 35.5 Å². The molecule has 0 aliphatic heterocycles. The number of rotatable bonds is 6. The van der Waals surface area contributed by atoms with E-state index in [0.717, 1.165) is 12.1 Å². The zero-order valence-corrected chi connectivity index (χ0v) is 11.3. The molecular formula is C11H14FN5O2S. The predicted octanol–water partition coefficient (Wildman–Crippen LogP) is 0.368. The SMILES string of the molecule is Nc1cc(F)cc(S(=O)(=O)NCCCn2ccnn2)c1. The first kappa shape index (κ1) is 14.4. The molecule has 2 aromatic rings. The van der Waals surface area contributed by atoms with Gasteiger partial charge in [0.1, 0.15) is 5.82 Å². The van der Waals surface area contributed by atoms with Gasteiger partial charge in [0.2, 0.25) is 10.0 Å². The van der Waals surface area contributed by atoms with Crippen LogP contribution in [0.3, 0.4) is 0 Å². The number of halogens is 1. The molecule has 1 aromatic heterocycles. The molecule has 0 saturated carbocycles. The summed E-state index contributed by atoms with van der Waals surface area (Å²) >= 11 is 0. The number of benzene rings is 1. The monoisotopic (exact) mass is 299 g/mol. The Morgan fingerprint density at radius 3 is 2.80 bits per heavy atom. The van der Waals surface area contributed by atoms with Crippen molar-refractivity contribution in [3.8, 4) is 0 Å². The zero-order chi connectivity index (χ0) is 14.6. The lowest BCUT2D eigenvalue weighted by Gasteiger charge is -2.07. The molecule has 0 amide bonds. The summed E-state index contributed by atoms with van der Waals surface area (Å²) in [5, 5.41) is 7.39. The largest absolute Gasteiger partial charge is 0.399 e. The number of anilines is 1. The summed E-state index contributed by atoms with van der Waals surface area (Å²) in [5.41, 5.74) is 5.49. The van der Waals surface area contributed by atoms with E-state index in [2.05, 4.69) is 15.0 Å². The minimum absolute atomic E-state index is 0.0630. The van der Waals surface area contributed by atoms with Crippen molar-refractivity contribution < 1.29 is 12.8 Å².